The van der Waals surface area contributed by atoms with E-state index in [9.17, 15) is 4.79 Å². The average Bonchev–Trinajstić information content (AvgIpc) is 3.51. The third kappa shape index (κ3) is 4.85. The van der Waals surface area contributed by atoms with Crippen LogP contribution in [0.5, 0.6) is 11.5 Å². The molecule has 1 aliphatic rings. The van der Waals surface area contributed by atoms with Crippen molar-refractivity contribution in [3.8, 4) is 28.6 Å². The smallest absolute Gasteiger partial charge is 0.233 e. The van der Waals surface area contributed by atoms with Crippen molar-refractivity contribution in [2.45, 2.75) is 37.7 Å². The van der Waals surface area contributed by atoms with Crippen LogP contribution in [-0.2, 0) is 11.3 Å². The second-order valence-corrected chi connectivity index (χ2v) is 9.62. The third-order valence-electron chi connectivity index (χ3n) is 5.88. The van der Waals surface area contributed by atoms with Gasteiger partial charge in [0, 0.05) is 24.5 Å². The normalized spacial score (nSPS) is 13.0. The molecular weight excluding hydrogens is 462 g/mol. The van der Waals surface area contributed by atoms with Gasteiger partial charge in [0.25, 0.3) is 0 Å². The fraction of sp³-hybridized carbons (Fsp3) is 0.231. The highest BCUT2D eigenvalue weighted by Gasteiger charge is 2.22. The van der Waals surface area contributed by atoms with Gasteiger partial charge >= 0.3 is 0 Å². The summed E-state index contributed by atoms with van der Waals surface area (Å²) in [6.07, 6.45) is 3.46. The minimum Gasteiger partial charge on any atom is -0.454 e. The van der Waals surface area contributed by atoms with E-state index in [0.717, 1.165) is 22.6 Å². The SMILES string of the molecule is Cc1ccc(-n2c(SC(C)C(=O)NCc3ccc4c(c3)OCO4)nnc2-c2ccncc2)cc1C. The summed E-state index contributed by atoms with van der Waals surface area (Å²) in [7, 11) is 0. The number of rotatable bonds is 7. The van der Waals surface area contributed by atoms with Crippen LogP contribution >= 0.6 is 11.8 Å². The van der Waals surface area contributed by atoms with E-state index in [1.807, 2.05) is 47.9 Å². The first-order chi connectivity index (χ1) is 17.0. The number of aryl methyl sites for hydroxylation is 2. The molecule has 2 aromatic carbocycles. The van der Waals surface area contributed by atoms with Crippen molar-refractivity contribution < 1.29 is 14.3 Å². The second-order valence-electron chi connectivity index (χ2n) is 8.31. The molecule has 0 fully saturated rings. The number of aromatic nitrogens is 4. The number of carbonyl (C=O) groups is 1. The summed E-state index contributed by atoms with van der Waals surface area (Å²) < 4.78 is 12.8. The molecule has 3 heterocycles. The number of hydrogen-bond donors (Lipinski definition) is 1. The maximum Gasteiger partial charge on any atom is 0.233 e. The maximum absolute atomic E-state index is 12.9. The lowest BCUT2D eigenvalue weighted by molar-refractivity contribution is -0.120. The molecule has 35 heavy (non-hydrogen) atoms. The molecule has 0 saturated carbocycles. The van der Waals surface area contributed by atoms with Gasteiger partial charge in [0.15, 0.2) is 22.5 Å². The van der Waals surface area contributed by atoms with Crippen LogP contribution in [0.1, 0.15) is 23.6 Å². The van der Waals surface area contributed by atoms with E-state index in [1.54, 1.807) is 12.4 Å². The lowest BCUT2D eigenvalue weighted by Gasteiger charge is -2.15. The molecule has 4 aromatic rings. The molecule has 1 amide bonds. The standard InChI is InChI=1S/C26H25N5O3S/c1-16-4-6-21(12-17(16)2)31-24(20-8-10-27-11-9-20)29-30-26(31)35-18(3)25(32)28-14-19-5-7-22-23(13-19)34-15-33-22/h4-13,18H,14-15H2,1-3H3,(H,28,32). The van der Waals surface area contributed by atoms with Crippen LogP contribution in [0.25, 0.3) is 17.1 Å². The molecule has 1 atom stereocenters. The Labute approximate surface area is 207 Å². The fourth-order valence-corrected chi connectivity index (χ4v) is 4.62. The average molecular weight is 488 g/mol. The zero-order valence-electron chi connectivity index (χ0n) is 19.7. The van der Waals surface area contributed by atoms with Gasteiger partial charge in [-0.1, -0.05) is 23.9 Å². The summed E-state index contributed by atoms with van der Waals surface area (Å²) >= 11 is 1.37. The highest BCUT2D eigenvalue weighted by molar-refractivity contribution is 8.00. The molecule has 0 spiro atoms. The zero-order valence-corrected chi connectivity index (χ0v) is 20.5. The largest absolute Gasteiger partial charge is 0.454 e. The molecule has 1 aliphatic heterocycles. The monoisotopic (exact) mass is 487 g/mol. The number of ether oxygens (including phenoxy) is 2. The summed E-state index contributed by atoms with van der Waals surface area (Å²) in [5.41, 5.74) is 5.16. The Morgan fingerprint density at radius 1 is 1.03 bits per heavy atom. The highest BCUT2D eigenvalue weighted by Crippen LogP contribution is 2.33. The Kier molecular flexibility index (Phi) is 6.41. The highest BCUT2D eigenvalue weighted by atomic mass is 32.2. The number of amides is 1. The number of carbonyl (C=O) groups excluding carboxylic acids is 1. The lowest BCUT2D eigenvalue weighted by atomic mass is 10.1. The Bertz CT molecular complexity index is 1370. The van der Waals surface area contributed by atoms with Crippen LogP contribution in [-0.4, -0.2) is 37.7 Å². The van der Waals surface area contributed by atoms with Gasteiger partial charge in [-0.15, -0.1) is 10.2 Å². The van der Waals surface area contributed by atoms with E-state index in [1.165, 1.54) is 22.9 Å². The quantitative estimate of drug-likeness (QED) is 0.385. The molecule has 2 aromatic heterocycles. The van der Waals surface area contributed by atoms with Crippen molar-refractivity contribution in [2.24, 2.45) is 0 Å². The van der Waals surface area contributed by atoms with Crippen LogP contribution in [0.15, 0.2) is 66.1 Å². The molecule has 8 nitrogen and oxygen atoms in total. The summed E-state index contributed by atoms with van der Waals surface area (Å²) in [6.45, 7) is 6.64. The summed E-state index contributed by atoms with van der Waals surface area (Å²) in [4.78, 5) is 17.0. The third-order valence-corrected chi connectivity index (χ3v) is 6.92. The van der Waals surface area contributed by atoms with Gasteiger partial charge in [-0.2, -0.15) is 0 Å². The second kappa shape index (κ2) is 9.79. The first-order valence-corrected chi connectivity index (χ1v) is 12.1. The first kappa shape index (κ1) is 22.9. The Hall–Kier alpha value is -3.85. The molecule has 0 bridgehead atoms. The van der Waals surface area contributed by atoms with Crippen LogP contribution in [0.2, 0.25) is 0 Å². The van der Waals surface area contributed by atoms with Gasteiger partial charge in [0.2, 0.25) is 12.7 Å². The van der Waals surface area contributed by atoms with Crippen molar-refractivity contribution in [3.05, 3.63) is 77.6 Å². The van der Waals surface area contributed by atoms with Gasteiger partial charge < -0.3 is 14.8 Å². The van der Waals surface area contributed by atoms with E-state index in [2.05, 4.69) is 46.5 Å². The predicted molar refractivity (Wildman–Crippen MR) is 134 cm³/mol. The molecule has 1 unspecified atom stereocenters. The van der Waals surface area contributed by atoms with E-state index in [4.69, 9.17) is 9.47 Å². The van der Waals surface area contributed by atoms with Gasteiger partial charge in [0.1, 0.15) is 0 Å². The van der Waals surface area contributed by atoms with Crippen LogP contribution in [0, 0.1) is 13.8 Å². The molecule has 178 valence electrons. The van der Waals surface area contributed by atoms with Crippen LogP contribution in [0.3, 0.4) is 0 Å². The maximum atomic E-state index is 12.9. The Morgan fingerprint density at radius 3 is 2.63 bits per heavy atom. The van der Waals surface area contributed by atoms with E-state index in [0.29, 0.717) is 23.3 Å². The molecular formula is C26H25N5O3S. The Morgan fingerprint density at radius 2 is 1.83 bits per heavy atom. The van der Waals surface area contributed by atoms with Gasteiger partial charge in [0.05, 0.1) is 10.9 Å². The molecule has 0 saturated heterocycles. The van der Waals surface area contributed by atoms with Crippen molar-refractivity contribution in [1.29, 1.82) is 0 Å². The van der Waals surface area contributed by atoms with E-state index >= 15 is 0 Å². The summed E-state index contributed by atoms with van der Waals surface area (Å²) in [5.74, 6) is 2.03. The number of pyridine rings is 1. The van der Waals surface area contributed by atoms with Gasteiger partial charge in [-0.05, 0) is 73.9 Å². The number of hydrogen-bond acceptors (Lipinski definition) is 7. The molecule has 9 heteroatoms. The fourth-order valence-electron chi connectivity index (χ4n) is 3.73. The first-order valence-electron chi connectivity index (χ1n) is 11.3. The number of thioether (sulfide) groups is 1. The molecule has 5 rings (SSSR count). The number of nitrogens with zero attached hydrogens (tertiary/aromatic N) is 4. The number of fused-ring (bicyclic) bond motifs is 1. The van der Waals surface area contributed by atoms with E-state index < -0.39 is 0 Å². The summed E-state index contributed by atoms with van der Waals surface area (Å²) in [6, 6.07) is 15.7. The zero-order chi connectivity index (χ0) is 24.4. The van der Waals surface area contributed by atoms with Gasteiger partial charge in [-0.25, -0.2) is 0 Å². The molecule has 0 radical (unpaired) electrons. The van der Waals surface area contributed by atoms with Crippen molar-refractivity contribution in [2.75, 3.05) is 6.79 Å². The molecule has 0 aliphatic carbocycles. The van der Waals surface area contributed by atoms with Crippen LogP contribution < -0.4 is 14.8 Å². The van der Waals surface area contributed by atoms with Crippen molar-refractivity contribution in [1.82, 2.24) is 25.1 Å². The number of nitrogens with one attached hydrogen (secondary N) is 1. The lowest BCUT2D eigenvalue weighted by Crippen LogP contribution is -2.30. The molecule has 1 N–H and O–H groups in total. The summed E-state index contributed by atoms with van der Waals surface area (Å²) in [5, 5.41) is 12.2. The minimum atomic E-state index is -0.385. The Balaban J connectivity index is 1.36. The van der Waals surface area contributed by atoms with E-state index in [-0.39, 0.29) is 18.0 Å². The van der Waals surface area contributed by atoms with Crippen molar-refractivity contribution >= 4 is 17.7 Å². The van der Waals surface area contributed by atoms with Crippen LogP contribution in [0.4, 0.5) is 0 Å². The topological polar surface area (TPSA) is 91.2 Å². The van der Waals surface area contributed by atoms with Crippen molar-refractivity contribution in [3.63, 3.8) is 0 Å². The van der Waals surface area contributed by atoms with Gasteiger partial charge in [-0.3, -0.25) is 14.3 Å². The predicted octanol–water partition coefficient (Wildman–Crippen LogP) is 4.47. The minimum absolute atomic E-state index is 0.0900. The number of benzene rings is 2.